The van der Waals surface area contributed by atoms with E-state index in [0.717, 1.165) is 37.7 Å². The van der Waals surface area contributed by atoms with Gasteiger partial charge in [0.25, 0.3) is 5.91 Å². The van der Waals surface area contributed by atoms with Gasteiger partial charge in [0.2, 0.25) is 0 Å². The van der Waals surface area contributed by atoms with E-state index < -0.39 is 0 Å². The van der Waals surface area contributed by atoms with E-state index in [1.165, 1.54) is 6.20 Å². The molecule has 21 heavy (non-hydrogen) atoms. The number of ether oxygens (including phenoxy) is 1. The van der Waals surface area contributed by atoms with Gasteiger partial charge in [0, 0.05) is 24.5 Å². The van der Waals surface area contributed by atoms with Gasteiger partial charge >= 0.3 is 0 Å². The molecule has 0 unspecified atom stereocenters. The predicted molar refractivity (Wildman–Crippen MR) is 80.4 cm³/mol. The number of amides is 1. The molecule has 1 aliphatic rings. The van der Waals surface area contributed by atoms with Gasteiger partial charge in [-0.15, -0.1) is 0 Å². The second-order valence-corrected chi connectivity index (χ2v) is 4.80. The summed E-state index contributed by atoms with van der Waals surface area (Å²) in [4.78, 5) is 14.3. The fraction of sp³-hybridized carbons (Fsp3) is 0.286. The minimum atomic E-state index is -0.277. The molecule has 1 fully saturated rings. The molecule has 0 saturated carbocycles. The molecule has 1 aromatic heterocycles. The van der Waals surface area contributed by atoms with Crippen LogP contribution in [0.2, 0.25) is 0 Å². The van der Waals surface area contributed by atoms with Crippen LogP contribution in [0.3, 0.4) is 0 Å². The van der Waals surface area contributed by atoms with Crippen molar-refractivity contribution in [2.24, 2.45) is 0 Å². The van der Waals surface area contributed by atoms with Gasteiger partial charge in [0.1, 0.15) is 11.4 Å². The Hall–Kier alpha value is -2.54. The molecule has 7 heteroatoms. The second kappa shape index (κ2) is 5.84. The fourth-order valence-corrected chi connectivity index (χ4v) is 2.25. The number of carbonyl (C=O) groups is 1. The van der Waals surface area contributed by atoms with Crippen LogP contribution in [0, 0.1) is 0 Å². The van der Waals surface area contributed by atoms with Crippen LogP contribution in [-0.2, 0) is 4.74 Å². The number of rotatable bonds is 3. The molecule has 1 amide bonds. The summed E-state index contributed by atoms with van der Waals surface area (Å²) < 4.78 is 5.33. The molecule has 3 rings (SSSR count). The molecule has 2 aromatic rings. The minimum absolute atomic E-state index is 0.262. The first kappa shape index (κ1) is 13.4. The van der Waals surface area contributed by atoms with Gasteiger partial charge in [-0.1, -0.05) is 0 Å². The molecule has 110 valence electrons. The van der Waals surface area contributed by atoms with Crippen molar-refractivity contribution in [1.29, 1.82) is 0 Å². The van der Waals surface area contributed by atoms with Gasteiger partial charge in [0.15, 0.2) is 0 Å². The first-order chi connectivity index (χ1) is 10.2. The summed E-state index contributed by atoms with van der Waals surface area (Å²) in [6, 6.07) is 7.72. The Labute approximate surface area is 122 Å². The molecule has 1 saturated heterocycles. The number of aromatic amines is 1. The number of aromatic nitrogens is 2. The fourth-order valence-electron chi connectivity index (χ4n) is 2.25. The first-order valence-corrected chi connectivity index (χ1v) is 6.77. The summed E-state index contributed by atoms with van der Waals surface area (Å²) in [7, 11) is 0. The largest absolute Gasteiger partial charge is 0.383 e. The molecule has 1 aliphatic heterocycles. The number of carbonyl (C=O) groups excluding carboxylic acids is 1. The topological polar surface area (TPSA) is 96.3 Å². The molecule has 0 atom stereocenters. The van der Waals surface area contributed by atoms with Crippen molar-refractivity contribution in [2.45, 2.75) is 0 Å². The van der Waals surface area contributed by atoms with Gasteiger partial charge in [0.05, 0.1) is 19.4 Å². The number of nitrogen functional groups attached to an aromatic ring is 1. The lowest BCUT2D eigenvalue weighted by molar-refractivity contribution is 0.102. The smallest absolute Gasteiger partial charge is 0.261 e. The summed E-state index contributed by atoms with van der Waals surface area (Å²) in [6.45, 7) is 3.27. The van der Waals surface area contributed by atoms with Crippen molar-refractivity contribution in [3.05, 3.63) is 36.0 Å². The van der Waals surface area contributed by atoms with Crippen LogP contribution in [0.4, 0.5) is 17.2 Å². The van der Waals surface area contributed by atoms with E-state index in [9.17, 15) is 4.79 Å². The Bertz CT molecular complexity index is 617. The van der Waals surface area contributed by atoms with E-state index in [2.05, 4.69) is 20.4 Å². The number of nitrogens with zero attached hydrogens (tertiary/aromatic N) is 2. The molecular weight excluding hydrogens is 270 g/mol. The Morgan fingerprint density at radius 2 is 2.00 bits per heavy atom. The first-order valence-electron chi connectivity index (χ1n) is 6.77. The van der Waals surface area contributed by atoms with Gasteiger partial charge in [-0.2, -0.15) is 5.10 Å². The van der Waals surface area contributed by atoms with Crippen LogP contribution in [0.1, 0.15) is 10.4 Å². The highest BCUT2D eigenvalue weighted by atomic mass is 16.5. The standard InChI is InChI=1S/C14H17N5O2/c15-13-12(9-16-18-13)14(20)17-10-1-3-11(4-2-10)19-5-7-21-8-6-19/h1-4,9H,5-8H2,(H,17,20)(H3,15,16,18). The van der Waals surface area contributed by atoms with E-state index in [1.807, 2.05) is 24.3 Å². The molecule has 2 heterocycles. The monoisotopic (exact) mass is 287 g/mol. The zero-order chi connectivity index (χ0) is 14.7. The number of hydrogen-bond acceptors (Lipinski definition) is 5. The SMILES string of the molecule is Nc1[nH]ncc1C(=O)Nc1ccc(N2CCOCC2)cc1. The Morgan fingerprint density at radius 1 is 1.29 bits per heavy atom. The van der Waals surface area contributed by atoms with Crippen LogP contribution < -0.4 is 16.0 Å². The maximum absolute atomic E-state index is 12.0. The van der Waals surface area contributed by atoms with E-state index in [1.54, 1.807) is 0 Å². The van der Waals surface area contributed by atoms with E-state index in [-0.39, 0.29) is 11.7 Å². The maximum atomic E-state index is 12.0. The van der Waals surface area contributed by atoms with Gasteiger partial charge in [-0.05, 0) is 24.3 Å². The molecule has 0 aliphatic carbocycles. The molecule has 0 spiro atoms. The average molecular weight is 287 g/mol. The number of morpholine rings is 1. The van der Waals surface area contributed by atoms with Crippen molar-refractivity contribution < 1.29 is 9.53 Å². The Morgan fingerprint density at radius 3 is 2.62 bits per heavy atom. The molecular formula is C14H17N5O2. The summed E-state index contributed by atoms with van der Waals surface area (Å²) in [5.41, 5.74) is 7.80. The van der Waals surface area contributed by atoms with Crippen LogP contribution in [0.15, 0.2) is 30.5 Å². The lowest BCUT2D eigenvalue weighted by atomic mass is 10.2. The zero-order valence-electron chi connectivity index (χ0n) is 11.5. The molecule has 4 N–H and O–H groups in total. The quantitative estimate of drug-likeness (QED) is 0.785. The molecule has 1 aromatic carbocycles. The van der Waals surface area contributed by atoms with E-state index in [0.29, 0.717) is 5.56 Å². The van der Waals surface area contributed by atoms with Crippen LogP contribution >= 0.6 is 0 Å². The maximum Gasteiger partial charge on any atom is 0.261 e. The third kappa shape index (κ3) is 2.97. The Kier molecular flexibility index (Phi) is 3.74. The number of nitrogens with one attached hydrogen (secondary N) is 2. The van der Waals surface area contributed by atoms with Crippen molar-refractivity contribution in [3.63, 3.8) is 0 Å². The number of H-pyrrole nitrogens is 1. The molecule has 0 bridgehead atoms. The highest BCUT2D eigenvalue weighted by Crippen LogP contribution is 2.19. The summed E-state index contributed by atoms with van der Waals surface area (Å²) in [6.07, 6.45) is 1.41. The van der Waals surface area contributed by atoms with Crippen molar-refractivity contribution >= 4 is 23.1 Å². The zero-order valence-corrected chi connectivity index (χ0v) is 11.5. The lowest BCUT2D eigenvalue weighted by Gasteiger charge is -2.28. The lowest BCUT2D eigenvalue weighted by Crippen LogP contribution is -2.36. The number of nitrogens with two attached hydrogens (primary N) is 1. The van der Waals surface area contributed by atoms with Crippen LogP contribution in [0.25, 0.3) is 0 Å². The third-order valence-corrected chi connectivity index (χ3v) is 3.41. The third-order valence-electron chi connectivity index (χ3n) is 3.41. The van der Waals surface area contributed by atoms with Crippen molar-refractivity contribution in [1.82, 2.24) is 10.2 Å². The van der Waals surface area contributed by atoms with Gasteiger partial charge in [-0.3, -0.25) is 9.89 Å². The van der Waals surface area contributed by atoms with Crippen LogP contribution in [-0.4, -0.2) is 42.4 Å². The summed E-state index contributed by atoms with van der Waals surface area (Å²) in [5.74, 6) is -0.0159. The van der Waals surface area contributed by atoms with Gasteiger partial charge in [-0.25, -0.2) is 0 Å². The van der Waals surface area contributed by atoms with E-state index in [4.69, 9.17) is 10.5 Å². The van der Waals surface area contributed by atoms with Crippen LogP contribution in [0.5, 0.6) is 0 Å². The molecule has 7 nitrogen and oxygen atoms in total. The van der Waals surface area contributed by atoms with E-state index >= 15 is 0 Å². The van der Waals surface area contributed by atoms with Crippen molar-refractivity contribution in [3.8, 4) is 0 Å². The highest BCUT2D eigenvalue weighted by molar-refractivity contribution is 6.07. The number of benzene rings is 1. The minimum Gasteiger partial charge on any atom is -0.383 e. The second-order valence-electron chi connectivity index (χ2n) is 4.80. The summed E-state index contributed by atoms with van der Waals surface area (Å²) >= 11 is 0. The van der Waals surface area contributed by atoms with Gasteiger partial charge < -0.3 is 20.7 Å². The summed E-state index contributed by atoms with van der Waals surface area (Å²) in [5, 5.41) is 9.06. The predicted octanol–water partition coefficient (Wildman–Crippen LogP) is 1.08. The molecule has 0 radical (unpaired) electrons. The van der Waals surface area contributed by atoms with Crippen molar-refractivity contribution in [2.75, 3.05) is 42.3 Å². The average Bonchev–Trinajstić information content (AvgIpc) is 2.95. The number of anilines is 3. The Balaban J connectivity index is 1.67. The highest BCUT2D eigenvalue weighted by Gasteiger charge is 2.13. The number of hydrogen-bond donors (Lipinski definition) is 3. The normalized spacial score (nSPS) is 15.0.